The van der Waals surface area contributed by atoms with Gasteiger partial charge in [-0.3, -0.25) is 9.69 Å². The van der Waals surface area contributed by atoms with Crippen molar-refractivity contribution in [2.24, 2.45) is 0 Å². The van der Waals surface area contributed by atoms with Gasteiger partial charge >= 0.3 is 6.03 Å². The van der Waals surface area contributed by atoms with Gasteiger partial charge in [0.2, 0.25) is 0 Å². The Kier molecular flexibility index (Phi) is 7.74. The third kappa shape index (κ3) is 6.05. The van der Waals surface area contributed by atoms with Crippen LogP contribution in [-0.4, -0.2) is 48.6 Å². The van der Waals surface area contributed by atoms with Crippen LogP contribution in [0.2, 0.25) is 0 Å². The second-order valence-corrected chi connectivity index (χ2v) is 10.6. The lowest BCUT2D eigenvalue weighted by Crippen LogP contribution is -2.61. The zero-order valence-electron chi connectivity index (χ0n) is 21.8. The summed E-state index contributed by atoms with van der Waals surface area (Å²) < 4.78 is 13.3. The molecule has 0 spiro atoms. The zero-order chi connectivity index (χ0) is 26.5. The van der Waals surface area contributed by atoms with Crippen molar-refractivity contribution in [2.45, 2.75) is 50.1 Å². The van der Waals surface area contributed by atoms with Crippen LogP contribution in [0.5, 0.6) is 0 Å². The summed E-state index contributed by atoms with van der Waals surface area (Å²) in [4.78, 5) is 29.9. The molecule has 1 atom stereocenters. The number of rotatable bonds is 8. The Morgan fingerprint density at radius 1 is 0.974 bits per heavy atom. The molecule has 1 aliphatic heterocycles. The molecule has 38 heavy (non-hydrogen) atoms. The third-order valence-electron chi connectivity index (χ3n) is 7.92. The summed E-state index contributed by atoms with van der Waals surface area (Å²) in [6.45, 7) is 1.84. The maximum absolute atomic E-state index is 13.3. The summed E-state index contributed by atoms with van der Waals surface area (Å²) in [6, 6.07) is 23.5. The first-order chi connectivity index (χ1) is 18.4. The van der Waals surface area contributed by atoms with E-state index in [0.29, 0.717) is 17.3 Å². The number of halogens is 1. The molecule has 3 amide bonds. The molecule has 1 heterocycles. The number of carbonyl (C=O) groups excluding carboxylic acids is 2. The van der Waals surface area contributed by atoms with Crippen LogP contribution in [-0.2, 0) is 6.42 Å². The lowest BCUT2D eigenvalue weighted by atomic mass is 9.76. The van der Waals surface area contributed by atoms with Crippen LogP contribution in [0.4, 0.5) is 20.6 Å². The van der Waals surface area contributed by atoms with Crippen LogP contribution in [0.25, 0.3) is 0 Å². The van der Waals surface area contributed by atoms with E-state index >= 15 is 0 Å². The highest BCUT2D eigenvalue weighted by molar-refractivity contribution is 6.06. The molecule has 5 rings (SSSR count). The van der Waals surface area contributed by atoms with Gasteiger partial charge in [0.05, 0.1) is 5.54 Å². The first kappa shape index (κ1) is 25.9. The smallest absolute Gasteiger partial charge is 0.319 e. The number of likely N-dealkylation sites (tertiary alicyclic amines) is 1. The Balaban J connectivity index is 1.16. The average Bonchev–Trinajstić information content (AvgIpc) is 3.34. The molecule has 6 nitrogen and oxygen atoms in total. The van der Waals surface area contributed by atoms with E-state index in [-0.39, 0.29) is 23.3 Å². The van der Waals surface area contributed by atoms with E-state index in [0.717, 1.165) is 62.9 Å². The highest BCUT2D eigenvalue weighted by atomic mass is 19.1. The molecule has 0 aromatic heterocycles. The van der Waals surface area contributed by atoms with Crippen molar-refractivity contribution in [1.82, 2.24) is 10.2 Å². The molecule has 2 fully saturated rings. The molecule has 7 heteroatoms. The molecule has 198 valence electrons. The van der Waals surface area contributed by atoms with Crippen molar-refractivity contribution >= 4 is 23.3 Å². The van der Waals surface area contributed by atoms with Crippen molar-refractivity contribution in [3.63, 3.8) is 0 Å². The first-order valence-corrected chi connectivity index (χ1v) is 13.4. The number of urea groups is 1. The minimum Gasteiger partial charge on any atom is -0.331 e. The molecule has 0 bridgehead atoms. The highest BCUT2D eigenvalue weighted by Crippen LogP contribution is 2.35. The molecule has 1 saturated heterocycles. The topological polar surface area (TPSA) is 64.7 Å². The van der Waals surface area contributed by atoms with Gasteiger partial charge in [-0.15, -0.1) is 0 Å². The fourth-order valence-corrected chi connectivity index (χ4v) is 5.60. The number of anilines is 2. The van der Waals surface area contributed by atoms with Crippen LogP contribution in [0.15, 0.2) is 78.9 Å². The van der Waals surface area contributed by atoms with Crippen molar-refractivity contribution in [1.29, 1.82) is 0 Å². The van der Waals surface area contributed by atoms with Gasteiger partial charge in [0.1, 0.15) is 5.82 Å². The largest absolute Gasteiger partial charge is 0.331 e. The van der Waals surface area contributed by atoms with Crippen molar-refractivity contribution < 1.29 is 14.0 Å². The second-order valence-electron chi connectivity index (χ2n) is 10.6. The first-order valence-electron chi connectivity index (χ1n) is 13.4. The Morgan fingerprint density at radius 3 is 2.34 bits per heavy atom. The lowest BCUT2D eigenvalue weighted by molar-refractivity contribution is 0.0993. The van der Waals surface area contributed by atoms with Gasteiger partial charge in [0.15, 0.2) is 0 Å². The van der Waals surface area contributed by atoms with E-state index in [1.807, 2.05) is 42.5 Å². The summed E-state index contributed by atoms with van der Waals surface area (Å²) in [6.07, 6.45) is 6.16. The highest BCUT2D eigenvalue weighted by Gasteiger charge is 2.42. The Morgan fingerprint density at radius 2 is 1.68 bits per heavy atom. The minimum atomic E-state index is -0.232. The number of hydrogen-bond donors (Lipinski definition) is 2. The number of nitrogens with zero attached hydrogens (tertiary/aromatic N) is 2. The molecule has 0 radical (unpaired) electrons. The van der Waals surface area contributed by atoms with Gasteiger partial charge in [-0.2, -0.15) is 0 Å². The fourth-order valence-electron chi connectivity index (χ4n) is 5.60. The SMILES string of the molecule is CN(C(=O)c1ccc(NC(=O)NC2(CN3CCCC3Cc3ccc(F)cc3)CCC2)cc1)c1ccccc1. The van der Waals surface area contributed by atoms with Crippen LogP contribution in [0.1, 0.15) is 48.0 Å². The van der Waals surface area contributed by atoms with Gasteiger partial charge in [-0.05, 0) is 99.2 Å². The van der Waals surface area contributed by atoms with Crippen molar-refractivity contribution in [3.8, 4) is 0 Å². The monoisotopic (exact) mass is 514 g/mol. The van der Waals surface area contributed by atoms with Gasteiger partial charge in [0.25, 0.3) is 5.91 Å². The van der Waals surface area contributed by atoms with E-state index in [9.17, 15) is 14.0 Å². The minimum absolute atomic E-state index is 0.110. The van der Waals surface area contributed by atoms with Crippen molar-refractivity contribution in [2.75, 3.05) is 30.4 Å². The van der Waals surface area contributed by atoms with E-state index in [1.54, 1.807) is 36.2 Å². The summed E-state index contributed by atoms with van der Waals surface area (Å²) >= 11 is 0. The van der Waals surface area contributed by atoms with E-state index < -0.39 is 0 Å². The molecule has 1 saturated carbocycles. The Hall–Kier alpha value is -3.71. The molecular weight excluding hydrogens is 479 g/mol. The number of carbonyl (C=O) groups is 2. The normalized spacial score (nSPS) is 18.4. The second kappa shape index (κ2) is 11.4. The van der Waals surface area contributed by atoms with Crippen LogP contribution >= 0.6 is 0 Å². The average molecular weight is 515 g/mol. The van der Waals surface area contributed by atoms with Gasteiger partial charge in [0, 0.05) is 36.6 Å². The molecule has 2 aliphatic rings. The maximum Gasteiger partial charge on any atom is 0.319 e. The number of para-hydroxylation sites is 1. The van der Waals surface area contributed by atoms with E-state index in [2.05, 4.69) is 15.5 Å². The fraction of sp³-hybridized carbons (Fsp3) is 0.355. The number of amides is 3. The summed E-state index contributed by atoms with van der Waals surface area (Å²) in [5.41, 5.74) is 2.94. The summed E-state index contributed by atoms with van der Waals surface area (Å²) in [7, 11) is 1.75. The Labute approximate surface area is 223 Å². The molecule has 3 aromatic carbocycles. The van der Waals surface area contributed by atoms with E-state index in [4.69, 9.17) is 0 Å². The van der Waals surface area contributed by atoms with Gasteiger partial charge in [-0.1, -0.05) is 30.3 Å². The van der Waals surface area contributed by atoms with E-state index in [1.165, 1.54) is 12.1 Å². The standard InChI is InChI=1S/C31H35FN4O2/c1-35(27-7-3-2-4-8-27)29(37)24-12-16-26(17-13-24)33-30(38)34-31(18-6-19-31)22-36-20-5-9-28(36)21-23-10-14-25(32)15-11-23/h2-4,7-8,10-17,28H,5-6,9,18-22H2,1H3,(H2,33,34,38). The zero-order valence-corrected chi connectivity index (χ0v) is 21.8. The van der Waals surface area contributed by atoms with Crippen LogP contribution in [0.3, 0.4) is 0 Å². The predicted octanol–water partition coefficient (Wildman–Crippen LogP) is 5.85. The summed E-state index contributed by atoms with van der Waals surface area (Å²) in [5, 5.41) is 6.20. The van der Waals surface area contributed by atoms with Crippen LogP contribution < -0.4 is 15.5 Å². The number of benzene rings is 3. The lowest BCUT2D eigenvalue weighted by Gasteiger charge is -2.46. The maximum atomic E-state index is 13.3. The number of nitrogens with one attached hydrogen (secondary N) is 2. The van der Waals surface area contributed by atoms with Crippen molar-refractivity contribution in [3.05, 3.63) is 95.8 Å². The molecule has 1 unspecified atom stereocenters. The molecule has 1 aliphatic carbocycles. The third-order valence-corrected chi connectivity index (χ3v) is 7.92. The summed E-state index contributed by atoms with van der Waals surface area (Å²) in [5.74, 6) is -0.317. The van der Waals surface area contributed by atoms with Gasteiger partial charge < -0.3 is 15.5 Å². The Bertz CT molecular complexity index is 1240. The molecule has 3 aromatic rings. The van der Waals surface area contributed by atoms with Crippen LogP contribution in [0, 0.1) is 5.82 Å². The number of hydrogen-bond acceptors (Lipinski definition) is 3. The molecule has 2 N–H and O–H groups in total. The predicted molar refractivity (Wildman–Crippen MR) is 149 cm³/mol. The molecular formula is C31H35FN4O2. The quantitative estimate of drug-likeness (QED) is 0.396. The van der Waals surface area contributed by atoms with Gasteiger partial charge in [-0.25, -0.2) is 9.18 Å².